The van der Waals surface area contributed by atoms with Gasteiger partial charge in [0.1, 0.15) is 5.82 Å². The second-order valence-electron chi connectivity index (χ2n) is 5.81. The Labute approximate surface area is 147 Å². The van der Waals surface area contributed by atoms with Gasteiger partial charge < -0.3 is 14.5 Å². The number of nitrogens with one attached hydrogen (secondary N) is 2. The number of imidazole rings is 1. The van der Waals surface area contributed by atoms with Crippen molar-refractivity contribution in [1.82, 2.24) is 19.7 Å². The van der Waals surface area contributed by atoms with E-state index in [1.165, 1.54) is 6.20 Å². The molecule has 1 fully saturated rings. The van der Waals surface area contributed by atoms with Gasteiger partial charge in [-0.2, -0.15) is 0 Å². The van der Waals surface area contributed by atoms with E-state index in [1.807, 2.05) is 25.1 Å². The molecule has 8 nitrogen and oxygen atoms in total. The summed E-state index contributed by atoms with van der Waals surface area (Å²) in [6.45, 7) is 3.03. The maximum absolute atomic E-state index is 12.6. The highest BCUT2D eigenvalue weighted by Crippen LogP contribution is 2.16. The maximum Gasteiger partial charge on any atom is 0.257 e. The second-order valence-corrected chi connectivity index (χ2v) is 7.49. The summed E-state index contributed by atoms with van der Waals surface area (Å²) in [5.41, 5.74) is 0.788. The molecule has 0 spiro atoms. The molecule has 3 rings (SSSR count). The fraction of sp³-hybridized carbons (Fsp3) is 0.500. The summed E-state index contributed by atoms with van der Waals surface area (Å²) in [5, 5.41) is 0.0688. The fourth-order valence-corrected chi connectivity index (χ4v) is 3.85. The van der Waals surface area contributed by atoms with Gasteiger partial charge in [-0.3, -0.25) is 4.98 Å². The van der Waals surface area contributed by atoms with Gasteiger partial charge in [-0.1, -0.05) is 13.0 Å². The van der Waals surface area contributed by atoms with Gasteiger partial charge in [-0.05, 0) is 18.6 Å². The zero-order valence-electron chi connectivity index (χ0n) is 14.0. The number of aromatic nitrogens is 3. The van der Waals surface area contributed by atoms with Crippen LogP contribution in [0.5, 0.6) is 0 Å². The van der Waals surface area contributed by atoms with Crippen molar-refractivity contribution in [1.29, 1.82) is 0 Å². The van der Waals surface area contributed by atoms with Crippen LogP contribution in [0.4, 0.5) is 0 Å². The summed E-state index contributed by atoms with van der Waals surface area (Å²) in [4.78, 5) is 11.1. The van der Waals surface area contributed by atoms with Crippen molar-refractivity contribution in [2.45, 2.75) is 43.5 Å². The SMILES string of the molecule is CCc1ncc(S(=O)(=O)N[C@@H]2CCOC[C@H]2OCc2ccccn2)[nH]1. The van der Waals surface area contributed by atoms with E-state index in [-0.39, 0.29) is 17.2 Å². The quantitative estimate of drug-likeness (QED) is 0.758. The lowest BCUT2D eigenvalue weighted by atomic mass is 10.1. The number of hydrogen-bond acceptors (Lipinski definition) is 6. The first-order chi connectivity index (χ1) is 12.1. The van der Waals surface area contributed by atoms with Gasteiger partial charge in [0, 0.05) is 19.2 Å². The number of sulfonamides is 1. The van der Waals surface area contributed by atoms with Crippen LogP contribution in [0.3, 0.4) is 0 Å². The monoisotopic (exact) mass is 366 g/mol. The van der Waals surface area contributed by atoms with Gasteiger partial charge >= 0.3 is 0 Å². The van der Waals surface area contributed by atoms with E-state index in [1.54, 1.807) is 6.20 Å². The third kappa shape index (κ3) is 4.63. The number of pyridine rings is 1. The summed E-state index contributed by atoms with van der Waals surface area (Å²) in [6, 6.07) is 5.21. The number of ether oxygens (including phenoxy) is 2. The number of rotatable bonds is 7. The Balaban J connectivity index is 1.66. The van der Waals surface area contributed by atoms with Crippen LogP contribution in [0.15, 0.2) is 35.6 Å². The van der Waals surface area contributed by atoms with Crippen LogP contribution in [0.1, 0.15) is 24.9 Å². The van der Waals surface area contributed by atoms with Gasteiger partial charge in [-0.25, -0.2) is 18.1 Å². The highest BCUT2D eigenvalue weighted by molar-refractivity contribution is 7.89. The molecule has 1 saturated heterocycles. The average molecular weight is 366 g/mol. The molecule has 2 aromatic rings. The van der Waals surface area contributed by atoms with Crippen molar-refractivity contribution >= 4 is 10.0 Å². The van der Waals surface area contributed by atoms with E-state index in [2.05, 4.69) is 19.7 Å². The number of nitrogens with zero attached hydrogens (tertiary/aromatic N) is 2. The van der Waals surface area contributed by atoms with Gasteiger partial charge in [0.25, 0.3) is 10.0 Å². The molecule has 136 valence electrons. The Bertz CT molecular complexity index is 778. The zero-order chi connectivity index (χ0) is 17.7. The molecule has 2 atom stereocenters. The summed E-state index contributed by atoms with van der Waals surface area (Å²) >= 11 is 0. The molecule has 0 radical (unpaired) electrons. The maximum atomic E-state index is 12.6. The first kappa shape index (κ1) is 18.0. The molecular formula is C16H22N4O4S. The number of aryl methyl sites for hydroxylation is 1. The van der Waals surface area contributed by atoms with Crippen LogP contribution in [0.25, 0.3) is 0 Å². The Kier molecular flexibility index (Phi) is 5.79. The third-order valence-electron chi connectivity index (χ3n) is 4.01. The molecule has 1 aliphatic rings. The Hall–Kier alpha value is -1.81. The first-order valence-electron chi connectivity index (χ1n) is 8.24. The van der Waals surface area contributed by atoms with E-state index >= 15 is 0 Å². The average Bonchev–Trinajstić information content (AvgIpc) is 3.12. The lowest BCUT2D eigenvalue weighted by Gasteiger charge is -2.31. The lowest BCUT2D eigenvalue weighted by molar-refractivity contribution is -0.0719. The van der Waals surface area contributed by atoms with Crippen molar-refractivity contribution in [3.8, 4) is 0 Å². The highest BCUT2D eigenvalue weighted by atomic mass is 32.2. The van der Waals surface area contributed by atoms with Crippen LogP contribution in [0.2, 0.25) is 0 Å². The van der Waals surface area contributed by atoms with Crippen molar-refractivity contribution in [3.63, 3.8) is 0 Å². The molecule has 2 aromatic heterocycles. The minimum absolute atomic E-state index is 0.0688. The largest absolute Gasteiger partial charge is 0.379 e. The van der Waals surface area contributed by atoms with Gasteiger partial charge in [0.05, 0.1) is 37.3 Å². The van der Waals surface area contributed by atoms with Gasteiger partial charge in [0.15, 0.2) is 5.03 Å². The zero-order valence-corrected chi connectivity index (χ0v) is 14.8. The van der Waals surface area contributed by atoms with Crippen LogP contribution in [-0.4, -0.2) is 48.7 Å². The summed E-state index contributed by atoms with van der Waals surface area (Å²) in [5.74, 6) is 0.635. The molecule has 1 aliphatic heterocycles. The van der Waals surface area contributed by atoms with Crippen LogP contribution >= 0.6 is 0 Å². The van der Waals surface area contributed by atoms with Crippen molar-refractivity contribution in [3.05, 3.63) is 42.1 Å². The molecular weight excluding hydrogens is 344 g/mol. The third-order valence-corrected chi connectivity index (χ3v) is 5.41. The normalized spacial score (nSPS) is 21.3. The first-order valence-corrected chi connectivity index (χ1v) is 9.72. The summed E-state index contributed by atoms with van der Waals surface area (Å²) in [6.07, 6.45) is 3.84. The Morgan fingerprint density at radius 3 is 3.00 bits per heavy atom. The molecule has 2 N–H and O–H groups in total. The predicted octanol–water partition coefficient (Wildman–Crippen LogP) is 1.02. The standard InChI is InChI=1S/C16H22N4O4S/c1-2-15-18-9-16(19-15)25(21,22)20-13-6-8-23-11-14(13)24-10-12-5-3-4-7-17-12/h3-5,7,9,13-14,20H,2,6,8,10-11H2,1H3,(H,18,19)/t13-,14-/m1/s1. The van der Waals surface area contributed by atoms with E-state index in [0.717, 1.165) is 5.69 Å². The summed E-state index contributed by atoms with van der Waals surface area (Å²) in [7, 11) is -3.68. The smallest absolute Gasteiger partial charge is 0.257 e. The molecule has 0 aliphatic carbocycles. The van der Waals surface area contributed by atoms with E-state index < -0.39 is 10.0 Å². The molecule has 3 heterocycles. The molecule has 9 heteroatoms. The van der Waals surface area contributed by atoms with Crippen LogP contribution < -0.4 is 4.72 Å². The topological polar surface area (TPSA) is 106 Å². The Morgan fingerprint density at radius 2 is 2.28 bits per heavy atom. The van der Waals surface area contributed by atoms with Gasteiger partial charge in [-0.15, -0.1) is 0 Å². The lowest BCUT2D eigenvalue weighted by Crippen LogP contribution is -2.49. The second kappa shape index (κ2) is 8.05. The predicted molar refractivity (Wildman–Crippen MR) is 90.3 cm³/mol. The number of aromatic amines is 1. The van der Waals surface area contributed by atoms with Crippen LogP contribution in [0, 0.1) is 0 Å². The molecule has 0 saturated carbocycles. The molecule has 0 aromatic carbocycles. The molecule has 0 bridgehead atoms. The molecule has 25 heavy (non-hydrogen) atoms. The van der Waals surface area contributed by atoms with E-state index in [9.17, 15) is 8.42 Å². The minimum atomic E-state index is -3.68. The van der Waals surface area contributed by atoms with Crippen molar-refractivity contribution in [2.24, 2.45) is 0 Å². The van der Waals surface area contributed by atoms with Crippen molar-refractivity contribution in [2.75, 3.05) is 13.2 Å². The minimum Gasteiger partial charge on any atom is -0.379 e. The Morgan fingerprint density at radius 1 is 1.40 bits per heavy atom. The highest BCUT2D eigenvalue weighted by Gasteiger charge is 2.31. The summed E-state index contributed by atoms with van der Waals surface area (Å²) < 4.78 is 39.1. The number of hydrogen-bond donors (Lipinski definition) is 2. The number of H-pyrrole nitrogens is 1. The molecule has 0 amide bonds. The van der Waals surface area contributed by atoms with E-state index in [4.69, 9.17) is 9.47 Å². The van der Waals surface area contributed by atoms with Gasteiger partial charge in [0.2, 0.25) is 0 Å². The molecule has 0 unspecified atom stereocenters. The van der Waals surface area contributed by atoms with E-state index in [0.29, 0.717) is 38.5 Å². The van der Waals surface area contributed by atoms with Crippen LogP contribution in [-0.2, 0) is 32.5 Å². The van der Waals surface area contributed by atoms with Crippen molar-refractivity contribution < 1.29 is 17.9 Å². The fourth-order valence-electron chi connectivity index (χ4n) is 2.61.